The second-order valence-electron chi connectivity index (χ2n) is 5.94. The molecular weight excluding hydrogens is 326 g/mol. The highest BCUT2D eigenvalue weighted by atomic mass is 35.5. The second kappa shape index (κ2) is 6.02. The van der Waals surface area contributed by atoms with Crippen LogP contribution in [0.15, 0.2) is 35.7 Å². The van der Waals surface area contributed by atoms with Crippen LogP contribution in [0.4, 0.5) is 5.82 Å². The second-order valence-corrected chi connectivity index (χ2v) is 7.28. The monoisotopic (exact) mass is 343 g/mol. The van der Waals surface area contributed by atoms with Gasteiger partial charge in [-0.25, -0.2) is 4.68 Å². The van der Waals surface area contributed by atoms with Gasteiger partial charge in [-0.3, -0.25) is 0 Å². The van der Waals surface area contributed by atoms with Gasteiger partial charge in [0.05, 0.1) is 10.6 Å². The Kier molecular flexibility index (Phi) is 3.87. The van der Waals surface area contributed by atoms with E-state index >= 15 is 0 Å². The largest absolute Gasteiger partial charge is 0.370 e. The number of aryl methyl sites for hydroxylation is 1. The summed E-state index contributed by atoms with van der Waals surface area (Å²) in [5, 5.41) is 11.4. The molecule has 0 atom stereocenters. The summed E-state index contributed by atoms with van der Waals surface area (Å²) in [6.45, 7) is 3.13. The van der Waals surface area contributed by atoms with Crippen LogP contribution >= 0.6 is 22.9 Å². The lowest BCUT2D eigenvalue weighted by Gasteiger charge is -2.09. The lowest BCUT2D eigenvalue weighted by Crippen LogP contribution is -2.06. The maximum absolute atomic E-state index is 6.03. The van der Waals surface area contributed by atoms with Gasteiger partial charge >= 0.3 is 0 Å². The molecule has 0 saturated carbocycles. The van der Waals surface area contributed by atoms with Gasteiger partial charge in [-0.2, -0.15) is 5.10 Å². The molecule has 118 valence electrons. The highest BCUT2D eigenvalue weighted by Crippen LogP contribution is 2.36. The molecule has 0 aliphatic carbocycles. The lowest BCUT2D eigenvalue weighted by atomic mass is 10.1. The van der Waals surface area contributed by atoms with Gasteiger partial charge in [-0.15, -0.1) is 11.3 Å². The van der Waals surface area contributed by atoms with E-state index in [0.29, 0.717) is 0 Å². The van der Waals surface area contributed by atoms with Crippen LogP contribution in [0.1, 0.15) is 24.0 Å². The van der Waals surface area contributed by atoms with Gasteiger partial charge in [-0.1, -0.05) is 11.6 Å². The highest BCUT2D eigenvalue weighted by Gasteiger charge is 2.22. The van der Waals surface area contributed by atoms with Crippen molar-refractivity contribution in [2.24, 2.45) is 0 Å². The molecule has 0 fully saturated rings. The molecule has 3 aromatic rings. The summed E-state index contributed by atoms with van der Waals surface area (Å²) in [4.78, 5) is 1.25. The van der Waals surface area contributed by atoms with Crippen molar-refractivity contribution < 1.29 is 0 Å². The van der Waals surface area contributed by atoms with Gasteiger partial charge in [0.2, 0.25) is 0 Å². The van der Waals surface area contributed by atoms with Crippen molar-refractivity contribution >= 4 is 28.8 Å². The van der Waals surface area contributed by atoms with Crippen LogP contribution in [0.2, 0.25) is 5.02 Å². The standard InChI is InChI=1S/C18H18ClN3S/c1-12-10-16(23-11-12)17-15-4-2-3-9-20-18(15)22(21-17)14-7-5-13(19)6-8-14/h5-8,10-11,20H,2-4,9H2,1H3. The molecule has 23 heavy (non-hydrogen) atoms. The number of benzene rings is 1. The van der Waals surface area contributed by atoms with E-state index in [1.165, 1.54) is 28.8 Å². The highest BCUT2D eigenvalue weighted by molar-refractivity contribution is 7.13. The number of hydrogen-bond acceptors (Lipinski definition) is 3. The number of fused-ring (bicyclic) bond motifs is 1. The van der Waals surface area contributed by atoms with E-state index in [1.807, 2.05) is 28.9 Å². The molecule has 0 saturated heterocycles. The Morgan fingerprint density at radius 1 is 1.22 bits per heavy atom. The molecule has 1 aliphatic heterocycles. The fourth-order valence-electron chi connectivity index (χ4n) is 3.02. The van der Waals surface area contributed by atoms with Crippen molar-refractivity contribution in [3.63, 3.8) is 0 Å². The Morgan fingerprint density at radius 2 is 2.04 bits per heavy atom. The van der Waals surface area contributed by atoms with Crippen LogP contribution in [0, 0.1) is 6.92 Å². The van der Waals surface area contributed by atoms with Crippen molar-refractivity contribution in [2.45, 2.75) is 26.2 Å². The van der Waals surface area contributed by atoms with Gasteiger partial charge in [-0.05, 0) is 67.5 Å². The van der Waals surface area contributed by atoms with Crippen LogP contribution in [-0.4, -0.2) is 16.3 Å². The van der Waals surface area contributed by atoms with Crippen molar-refractivity contribution in [1.82, 2.24) is 9.78 Å². The predicted octanol–water partition coefficient (Wildman–Crippen LogP) is 5.31. The van der Waals surface area contributed by atoms with Crippen LogP contribution in [-0.2, 0) is 6.42 Å². The molecule has 0 amide bonds. The summed E-state index contributed by atoms with van der Waals surface area (Å²) in [6.07, 6.45) is 3.46. The number of rotatable bonds is 2. The van der Waals surface area contributed by atoms with Crippen molar-refractivity contribution in [3.05, 3.63) is 51.9 Å². The SMILES string of the molecule is Cc1csc(-c2nn(-c3ccc(Cl)cc3)c3c2CCCCN3)c1. The number of hydrogen-bond donors (Lipinski definition) is 1. The molecule has 1 aromatic carbocycles. The molecule has 1 aliphatic rings. The van der Waals surface area contributed by atoms with E-state index in [0.717, 1.165) is 35.2 Å². The van der Waals surface area contributed by atoms with Crippen LogP contribution in [0.5, 0.6) is 0 Å². The molecule has 0 unspecified atom stereocenters. The van der Waals surface area contributed by atoms with Crippen LogP contribution in [0.3, 0.4) is 0 Å². The molecule has 4 rings (SSSR count). The molecule has 0 spiro atoms. The minimum Gasteiger partial charge on any atom is -0.370 e. The smallest absolute Gasteiger partial charge is 0.133 e. The van der Waals surface area contributed by atoms with Gasteiger partial charge in [0.25, 0.3) is 0 Å². The lowest BCUT2D eigenvalue weighted by molar-refractivity contribution is 0.780. The van der Waals surface area contributed by atoms with E-state index in [4.69, 9.17) is 16.7 Å². The molecule has 3 nitrogen and oxygen atoms in total. The zero-order valence-electron chi connectivity index (χ0n) is 13.0. The Hall–Kier alpha value is -1.78. The Morgan fingerprint density at radius 3 is 2.78 bits per heavy atom. The molecule has 1 N–H and O–H groups in total. The van der Waals surface area contributed by atoms with E-state index in [-0.39, 0.29) is 0 Å². The number of anilines is 1. The number of aromatic nitrogens is 2. The first kappa shape index (κ1) is 14.8. The molecule has 3 heterocycles. The van der Waals surface area contributed by atoms with E-state index < -0.39 is 0 Å². The first-order valence-corrected chi connectivity index (χ1v) is 9.15. The van der Waals surface area contributed by atoms with Gasteiger partial charge < -0.3 is 5.32 Å². The molecular formula is C18H18ClN3S. The van der Waals surface area contributed by atoms with Crippen molar-refractivity contribution in [1.29, 1.82) is 0 Å². The summed E-state index contributed by atoms with van der Waals surface area (Å²) in [5.41, 5.74) is 4.78. The maximum atomic E-state index is 6.03. The minimum absolute atomic E-state index is 0.745. The Labute approximate surface area is 144 Å². The van der Waals surface area contributed by atoms with Crippen LogP contribution < -0.4 is 5.32 Å². The van der Waals surface area contributed by atoms with E-state index in [1.54, 1.807) is 11.3 Å². The summed E-state index contributed by atoms with van der Waals surface area (Å²) >= 11 is 7.80. The Bertz CT molecular complexity index is 833. The van der Waals surface area contributed by atoms with Crippen LogP contribution in [0.25, 0.3) is 16.3 Å². The third kappa shape index (κ3) is 2.77. The third-order valence-electron chi connectivity index (χ3n) is 4.16. The van der Waals surface area contributed by atoms with Crippen molar-refractivity contribution in [3.8, 4) is 16.3 Å². The molecule has 0 radical (unpaired) electrons. The number of thiophene rings is 1. The zero-order chi connectivity index (χ0) is 15.8. The molecule has 2 aromatic heterocycles. The summed E-state index contributed by atoms with van der Waals surface area (Å²) in [7, 11) is 0. The first-order chi connectivity index (χ1) is 11.2. The third-order valence-corrected chi connectivity index (χ3v) is 5.47. The number of halogens is 1. The molecule has 5 heteroatoms. The van der Waals surface area contributed by atoms with E-state index in [9.17, 15) is 0 Å². The molecule has 0 bridgehead atoms. The number of nitrogens with one attached hydrogen (secondary N) is 1. The number of nitrogens with zero attached hydrogens (tertiary/aromatic N) is 2. The topological polar surface area (TPSA) is 29.9 Å². The average Bonchev–Trinajstić information content (AvgIpc) is 3.04. The van der Waals surface area contributed by atoms with Gasteiger partial charge in [0, 0.05) is 17.1 Å². The fourth-order valence-corrected chi connectivity index (χ4v) is 4.06. The fraction of sp³-hybridized carbons (Fsp3) is 0.278. The maximum Gasteiger partial charge on any atom is 0.133 e. The van der Waals surface area contributed by atoms with E-state index in [2.05, 4.69) is 23.7 Å². The zero-order valence-corrected chi connectivity index (χ0v) is 14.5. The van der Waals surface area contributed by atoms with Gasteiger partial charge in [0.1, 0.15) is 11.5 Å². The first-order valence-electron chi connectivity index (χ1n) is 7.89. The predicted molar refractivity (Wildman–Crippen MR) is 98.1 cm³/mol. The normalized spacial score (nSPS) is 14.2. The van der Waals surface area contributed by atoms with Crippen molar-refractivity contribution in [2.75, 3.05) is 11.9 Å². The minimum atomic E-state index is 0.745. The quantitative estimate of drug-likeness (QED) is 0.683. The summed E-state index contributed by atoms with van der Waals surface area (Å²) in [6, 6.07) is 10.1. The average molecular weight is 344 g/mol. The van der Waals surface area contributed by atoms with Gasteiger partial charge in [0.15, 0.2) is 0 Å². The summed E-state index contributed by atoms with van der Waals surface area (Å²) in [5.74, 6) is 1.13. The summed E-state index contributed by atoms with van der Waals surface area (Å²) < 4.78 is 2.03. The Balaban J connectivity index is 1.89.